The Bertz CT molecular complexity index is 190. The lowest BCUT2D eigenvalue weighted by atomic mass is 10.0. The molecule has 0 aromatic rings. The molecule has 0 heterocycles. The molecule has 0 radical (unpaired) electrons. The van der Waals surface area contributed by atoms with Gasteiger partial charge < -0.3 is 0 Å². The topological polar surface area (TPSA) is 34.1 Å². The second-order valence-corrected chi connectivity index (χ2v) is 3.63. The van der Waals surface area contributed by atoms with Crippen LogP contribution in [0.25, 0.3) is 0 Å². The number of Topliss-reactive ketones (excluding diaryl/α,β-unsaturated/α-hetero) is 2. The van der Waals surface area contributed by atoms with Crippen molar-refractivity contribution in [1.29, 1.82) is 0 Å². The van der Waals surface area contributed by atoms with Gasteiger partial charge in [-0.25, -0.2) is 4.39 Å². The fourth-order valence-corrected chi connectivity index (χ4v) is 1.24. The number of hydrogen-bond donors (Lipinski definition) is 0. The van der Waals surface area contributed by atoms with Gasteiger partial charge in [-0.2, -0.15) is 0 Å². The van der Waals surface area contributed by atoms with E-state index >= 15 is 0 Å². The molecule has 0 saturated carbocycles. The zero-order chi connectivity index (χ0) is 11.0. The van der Waals surface area contributed by atoms with Crippen molar-refractivity contribution in [1.82, 2.24) is 0 Å². The molecule has 0 spiro atoms. The predicted molar refractivity (Wildman–Crippen MR) is 54.0 cm³/mol. The first-order chi connectivity index (χ1) is 6.57. The molecule has 0 amide bonds. The number of hydrogen-bond acceptors (Lipinski definition) is 2. The van der Waals surface area contributed by atoms with Crippen molar-refractivity contribution in [2.24, 2.45) is 0 Å². The number of carbonyl (C=O) groups is 2. The largest absolute Gasteiger partial charge is 0.291 e. The molecule has 14 heavy (non-hydrogen) atoms. The summed E-state index contributed by atoms with van der Waals surface area (Å²) < 4.78 is 13.1. The number of carbonyl (C=O) groups excluding carboxylic acids is 2. The summed E-state index contributed by atoms with van der Waals surface area (Å²) in [4.78, 5) is 21.4. The maximum absolute atomic E-state index is 13.1. The summed E-state index contributed by atoms with van der Waals surface area (Å²) >= 11 is 0. The summed E-state index contributed by atoms with van der Waals surface area (Å²) in [6.07, 6.45) is 3.06. The van der Waals surface area contributed by atoms with Gasteiger partial charge in [0.15, 0.2) is 5.78 Å². The van der Waals surface area contributed by atoms with Crippen LogP contribution in [0.2, 0.25) is 0 Å². The molecule has 82 valence electrons. The van der Waals surface area contributed by atoms with Crippen molar-refractivity contribution in [2.45, 2.75) is 58.5 Å². The standard InChI is InChI=1S/C11H19FO2/c1-3-4-5-6-7-10(12)8-11(14)9(2)13/h10H,3-8H2,1-2H3. The molecule has 3 heteroatoms. The first-order valence-corrected chi connectivity index (χ1v) is 5.25. The van der Waals surface area contributed by atoms with Crippen molar-refractivity contribution < 1.29 is 14.0 Å². The molecule has 2 nitrogen and oxygen atoms in total. The molecular formula is C11H19FO2. The summed E-state index contributed by atoms with van der Waals surface area (Å²) in [7, 11) is 0. The Hall–Kier alpha value is -0.730. The third kappa shape index (κ3) is 6.75. The van der Waals surface area contributed by atoms with Crippen LogP contribution in [0.15, 0.2) is 0 Å². The van der Waals surface area contributed by atoms with Gasteiger partial charge in [0.1, 0.15) is 6.17 Å². The Morgan fingerprint density at radius 3 is 2.36 bits per heavy atom. The second kappa shape index (κ2) is 7.65. The van der Waals surface area contributed by atoms with Crippen LogP contribution in [0, 0.1) is 0 Å². The highest BCUT2D eigenvalue weighted by atomic mass is 19.1. The number of unbranched alkanes of at least 4 members (excludes halogenated alkanes) is 3. The Kier molecular flexibility index (Phi) is 7.25. The Morgan fingerprint density at radius 2 is 1.86 bits per heavy atom. The van der Waals surface area contributed by atoms with E-state index in [4.69, 9.17) is 0 Å². The molecule has 0 aliphatic carbocycles. The van der Waals surface area contributed by atoms with E-state index in [1.54, 1.807) is 0 Å². The first-order valence-electron chi connectivity index (χ1n) is 5.25. The predicted octanol–water partition coefficient (Wildman–Crippen LogP) is 2.84. The van der Waals surface area contributed by atoms with Gasteiger partial charge in [0.2, 0.25) is 5.78 Å². The highest BCUT2D eigenvalue weighted by Crippen LogP contribution is 2.11. The fourth-order valence-electron chi connectivity index (χ4n) is 1.24. The number of ketones is 2. The third-order valence-electron chi connectivity index (χ3n) is 2.17. The molecule has 0 aliphatic rings. The molecule has 0 N–H and O–H groups in total. The summed E-state index contributed by atoms with van der Waals surface area (Å²) in [5.74, 6) is -1.13. The van der Waals surface area contributed by atoms with Crippen LogP contribution < -0.4 is 0 Å². The Labute approximate surface area is 84.9 Å². The third-order valence-corrected chi connectivity index (χ3v) is 2.17. The Morgan fingerprint density at radius 1 is 1.21 bits per heavy atom. The Balaban J connectivity index is 3.50. The van der Waals surface area contributed by atoms with Crippen LogP contribution in [-0.4, -0.2) is 17.7 Å². The van der Waals surface area contributed by atoms with Gasteiger partial charge in [-0.05, 0) is 6.42 Å². The van der Waals surface area contributed by atoms with Gasteiger partial charge in [-0.1, -0.05) is 32.6 Å². The fraction of sp³-hybridized carbons (Fsp3) is 0.818. The molecule has 0 aromatic heterocycles. The van der Waals surface area contributed by atoms with Gasteiger partial charge in [-0.15, -0.1) is 0 Å². The maximum atomic E-state index is 13.1. The molecular weight excluding hydrogens is 183 g/mol. The zero-order valence-corrected chi connectivity index (χ0v) is 9.01. The first kappa shape index (κ1) is 13.3. The number of alkyl halides is 1. The SMILES string of the molecule is CCCCCCC(F)CC(=O)C(C)=O. The summed E-state index contributed by atoms with van der Waals surface area (Å²) in [6.45, 7) is 3.28. The van der Waals surface area contributed by atoms with Crippen LogP contribution in [0.5, 0.6) is 0 Å². The van der Waals surface area contributed by atoms with Crippen LogP contribution in [0.1, 0.15) is 52.4 Å². The van der Waals surface area contributed by atoms with E-state index in [0.29, 0.717) is 6.42 Å². The molecule has 0 aliphatic heterocycles. The normalized spacial score (nSPS) is 12.5. The van der Waals surface area contributed by atoms with Crippen molar-refractivity contribution in [3.63, 3.8) is 0 Å². The zero-order valence-electron chi connectivity index (χ0n) is 9.01. The van der Waals surface area contributed by atoms with Crippen molar-refractivity contribution in [3.05, 3.63) is 0 Å². The van der Waals surface area contributed by atoms with Gasteiger partial charge in [0.25, 0.3) is 0 Å². The van der Waals surface area contributed by atoms with E-state index in [1.165, 1.54) is 6.92 Å². The molecule has 1 unspecified atom stereocenters. The van der Waals surface area contributed by atoms with Gasteiger partial charge in [0.05, 0.1) is 0 Å². The van der Waals surface area contributed by atoms with Gasteiger partial charge in [0, 0.05) is 13.3 Å². The summed E-state index contributed by atoms with van der Waals surface area (Å²) in [5.41, 5.74) is 0. The van der Waals surface area contributed by atoms with E-state index in [-0.39, 0.29) is 6.42 Å². The average molecular weight is 202 g/mol. The lowest BCUT2D eigenvalue weighted by Gasteiger charge is -2.05. The minimum Gasteiger partial charge on any atom is -0.291 e. The van der Waals surface area contributed by atoms with E-state index < -0.39 is 17.7 Å². The minimum absolute atomic E-state index is 0.235. The highest BCUT2D eigenvalue weighted by Gasteiger charge is 2.15. The van der Waals surface area contributed by atoms with E-state index in [2.05, 4.69) is 6.92 Å². The number of halogens is 1. The molecule has 0 saturated heterocycles. The maximum Gasteiger partial charge on any atom is 0.200 e. The molecule has 0 rings (SSSR count). The van der Waals surface area contributed by atoms with Crippen LogP contribution in [-0.2, 0) is 9.59 Å². The van der Waals surface area contributed by atoms with Crippen molar-refractivity contribution >= 4 is 11.6 Å². The lowest BCUT2D eigenvalue weighted by molar-refractivity contribution is -0.136. The van der Waals surface area contributed by atoms with Crippen molar-refractivity contribution in [2.75, 3.05) is 0 Å². The van der Waals surface area contributed by atoms with Crippen LogP contribution >= 0.6 is 0 Å². The lowest BCUT2D eigenvalue weighted by Crippen LogP contribution is -2.15. The molecule has 0 aromatic carbocycles. The molecule has 0 fully saturated rings. The monoisotopic (exact) mass is 202 g/mol. The highest BCUT2D eigenvalue weighted by molar-refractivity contribution is 6.36. The smallest absolute Gasteiger partial charge is 0.200 e. The summed E-state index contributed by atoms with van der Waals surface area (Å²) in [5, 5.41) is 0. The minimum atomic E-state index is -1.14. The van der Waals surface area contributed by atoms with E-state index in [9.17, 15) is 14.0 Å². The molecule has 0 bridgehead atoms. The van der Waals surface area contributed by atoms with E-state index in [1.807, 2.05) is 0 Å². The quantitative estimate of drug-likeness (QED) is 0.448. The van der Waals surface area contributed by atoms with Gasteiger partial charge in [-0.3, -0.25) is 9.59 Å². The molecule has 1 atom stereocenters. The van der Waals surface area contributed by atoms with Crippen LogP contribution in [0.3, 0.4) is 0 Å². The number of rotatable bonds is 8. The summed E-state index contributed by atoms with van der Waals surface area (Å²) in [6, 6.07) is 0. The van der Waals surface area contributed by atoms with Gasteiger partial charge >= 0.3 is 0 Å². The van der Waals surface area contributed by atoms with E-state index in [0.717, 1.165) is 25.7 Å². The average Bonchev–Trinajstić information content (AvgIpc) is 2.12. The van der Waals surface area contributed by atoms with Crippen molar-refractivity contribution in [3.8, 4) is 0 Å². The van der Waals surface area contributed by atoms with Crippen LogP contribution in [0.4, 0.5) is 4.39 Å². The second-order valence-electron chi connectivity index (χ2n) is 3.63.